The van der Waals surface area contributed by atoms with Gasteiger partial charge in [-0.15, -0.1) is 0 Å². The fourth-order valence-electron chi connectivity index (χ4n) is 1.10. The van der Waals surface area contributed by atoms with Crippen LogP contribution in [0.25, 0.3) is 0 Å². The molecule has 4 heteroatoms. The van der Waals surface area contributed by atoms with Gasteiger partial charge in [0.1, 0.15) is 17.3 Å². The van der Waals surface area contributed by atoms with E-state index < -0.39 is 0 Å². The monoisotopic (exact) mass is 194 g/mol. The summed E-state index contributed by atoms with van der Waals surface area (Å²) < 4.78 is 10.4. The van der Waals surface area contributed by atoms with Gasteiger partial charge in [0.05, 0.1) is 13.7 Å². The van der Waals surface area contributed by atoms with E-state index in [4.69, 9.17) is 20.6 Å². The Bertz CT molecular complexity index is 337. The SMILES string of the molecule is CCOc1cc(OC)cc(C(=N)N)c1. The van der Waals surface area contributed by atoms with Crippen molar-refractivity contribution in [1.82, 2.24) is 0 Å². The highest BCUT2D eigenvalue weighted by atomic mass is 16.5. The van der Waals surface area contributed by atoms with E-state index in [1.54, 1.807) is 25.3 Å². The van der Waals surface area contributed by atoms with Crippen LogP contribution in [0.1, 0.15) is 12.5 Å². The van der Waals surface area contributed by atoms with Crippen LogP contribution in [-0.2, 0) is 0 Å². The molecule has 0 saturated heterocycles. The van der Waals surface area contributed by atoms with Crippen LogP contribution < -0.4 is 15.2 Å². The van der Waals surface area contributed by atoms with Crippen LogP contribution in [-0.4, -0.2) is 19.6 Å². The third-order valence-electron chi connectivity index (χ3n) is 1.74. The van der Waals surface area contributed by atoms with Crippen molar-refractivity contribution in [2.45, 2.75) is 6.92 Å². The van der Waals surface area contributed by atoms with E-state index in [0.717, 1.165) is 0 Å². The van der Waals surface area contributed by atoms with Gasteiger partial charge in [-0.25, -0.2) is 0 Å². The van der Waals surface area contributed by atoms with Gasteiger partial charge in [0.15, 0.2) is 0 Å². The zero-order valence-electron chi connectivity index (χ0n) is 8.33. The summed E-state index contributed by atoms with van der Waals surface area (Å²) in [4.78, 5) is 0. The summed E-state index contributed by atoms with van der Waals surface area (Å²) >= 11 is 0. The number of rotatable bonds is 4. The lowest BCUT2D eigenvalue weighted by Crippen LogP contribution is -2.11. The molecule has 0 fully saturated rings. The Balaban J connectivity index is 3.06. The minimum absolute atomic E-state index is 0.00449. The first kappa shape index (κ1) is 10.4. The molecule has 0 radical (unpaired) electrons. The molecule has 14 heavy (non-hydrogen) atoms. The van der Waals surface area contributed by atoms with Crippen LogP contribution in [0.2, 0.25) is 0 Å². The Kier molecular flexibility index (Phi) is 3.34. The second kappa shape index (κ2) is 4.50. The molecular formula is C10H14N2O2. The maximum atomic E-state index is 7.30. The summed E-state index contributed by atoms with van der Waals surface area (Å²) in [5, 5.41) is 7.30. The number of nitrogens with two attached hydrogens (primary N) is 1. The minimum atomic E-state index is 0.00449. The van der Waals surface area contributed by atoms with Gasteiger partial charge >= 0.3 is 0 Å². The second-order valence-electron chi connectivity index (χ2n) is 2.74. The zero-order chi connectivity index (χ0) is 10.6. The molecule has 0 aromatic heterocycles. The van der Waals surface area contributed by atoms with Gasteiger partial charge in [0.2, 0.25) is 0 Å². The highest BCUT2D eigenvalue weighted by Gasteiger charge is 2.03. The predicted octanol–water partition coefficient (Wildman–Crippen LogP) is 1.38. The molecule has 1 aromatic rings. The molecule has 4 nitrogen and oxygen atoms in total. The highest BCUT2D eigenvalue weighted by Crippen LogP contribution is 2.22. The van der Waals surface area contributed by atoms with E-state index in [9.17, 15) is 0 Å². The Hall–Kier alpha value is -1.71. The van der Waals surface area contributed by atoms with Crippen molar-refractivity contribution in [3.8, 4) is 11.5 Å². The largest absolute Gasteiger partial charge is 0.497 e. The molecule has 0 atom stereocenters. The second-order valence-corrected chi connectivity index (χ2v) is 2.74. The fraction of sp³-hybridized carbons (Fsp3) is 0.300. The van der Waals surface area contributed by atoms with Crippen molar-refractivity contribution in [3.05, 3.63) is 23.8 Å². The first-order chi connectivity index (χ1) is 6.67. The van der Waals surface area contributed by atoms with Crippen molar-refractivity contribution in [2.75, 3.05) is 13.7 Å². The third kappa shape index (κ3) is 2.39. The average Bonchev–Trinajstić information content (AvgIpc) is 2.17. The summed E-state index contributed by atoms with van der Waals surface area (Å²) in [6, 6.07) is 5.18. The molecule has 0 heterocycles. The number of methoxy groups -OCH3 is 1. The van der Waals surface area contributed by atoms with Gasteiger partial charge < -0.3 is 15.2 Å². The number of benzene rings is 1. The van der Waals surface area contributed by atoms with Gasteiger partial charge in [0, 0.05) is 11.6 Å². The maximum absolute atomic E-state index is 7.30. The van der Waals surface area contributed by atoms with Gasteiger partial charge in [-0.2, -0.15) is 0 Å². The van der Waals surface area contributed by atoms with Crippen LogP contribution in [0.4, 0.5) is 0 Å². The number of nitrogen functional groups attached to an aromatic ring is 1. The summed E-state index contributed by atoms with van der Waals surface area (Å²) in [6.45, 7) is 2.47. The van der Waals surface area contributed by atoms with Gasteiger partial charge in [-0.05, 0) is 19.1 Å². The van der Waals surface area contributed by atoms with Crippen LogP contribution in [0.15, 0.2) is 18.2 Å². The number of hydrogen-bond donors (Lipinski definition) is 2. The van der Waals surface area contributed by atoms with Crippen molar-refractivity contribution >= 4 is 5.84 Å². The van der Waals surface area contributed by atoms with Crippen molar-refractivity contribution in [3.63, 3.8) is 0 Å². The Morgan fingerprint density at radius 1 is 1.36 bits per heavy atom. The van der Waals surface area contributed by atoms with E-state index >= 15 is 0 Å². The average molecular weight is 194 g/mol. The lowest BCUT2D eigenvalue weighted by atomic mass is 10.2. The molecule has 1 aromatic carbocycles. The van der Waals surface area contributed by atoms with Gasteiger partial charge in [-0.1, -0.05) is 0 Å². The summed E-state index contributed by atoms with van der Waals surface area (Å²) in [5.41, 5.74) is 5.98. The van der Waals surface area contributed by atoms with Crippen LogP contribution in [0.5, 0.6) is 11.5 Å². The number of ether oxygens (including phenoxy) is 2. The Morgan fingerprint density at radius 3 is 2.50 bits per heavy atom. The fourth-order valence-corrected chi connectivity index (χ4v) is 1.10. The molecule has 0 bridgehead atoms. The van der Waals surface area contributed by atoms with E-state index in [1.807, 2.05) is 6.92 Å². The Morgan fingerprint density at radius 2 is 2.00 bits per heavy atom. The third-order valence-corrected chi connectivity index (χ3v) is 1.74. The molecule has 0 aliphatic heterocycles. The molecule has 0 aliphatic rings. The van der Waals surface area contributed by atoms with Gasteiger partial charge in [-0.3, -0.25) is 5.41 Å². The highest BCUT2D eigenvalue weighted by molar-refractivity contribution is 5.95. The molecule has 1 rings (SSSR count). The van der Waals surface area contributed by atoms with Crippen molar-refractivity contribution in [2.24, 2.45) is 5.73 Å². The van der Waals surface area contributed by atoms with Crippen molar-refractivity contribution < 1.29 is 9.47 Å². The number of hydrogen-bond acceptors (Lipinski definition) is 3. The van der Waals surface area contributed by atoms with Crippen LogP contribution in [0, 0.1) is 5.41 Å². The summed E-state index contributed by atoms with van der Waals surface area (Å²) in [6.07, 6.45) is 0. The number of nitrogens with one attached hydrogen (secondary N) is 1. The van der Waals surface area contributed by atoms with E-state index in [-0.39, 0.29) is 5.84 Å². The van der Waals surface area contributed by atoms with E-state index in [2.05, 4.69) is 0 Å². The van der Waals surface area contributed by atoms with E-state index in [0.29, 0.717) is 23.7 Å². The molecule has 3 N–H and O–H groups in total. The van der Waals surface area contributed by atoms with Crippen molar-refractivity contribution in [1.29, 1.82) is 5.41 Å². The lowest BCUT2D eigenvalue weighted by molar-refractivity contribution is 0.336. The smallest absolute Gasteiger partial charge is 0.123 e. The summed E-state index contributed by atoms with van der Waals surface area (Å²) in [5.74, 6) is 1.31. The zero-order valence-corrected chi connectivity index (χ0v) is 8.33. The molecule has 76 valence electrons. The van der Waals surface area contributed by atoms with Crippen LogP contribution in [0.3, 0.4) is 0 Å². The molecule has 0 saturated carbocycles. The normalized spacial score (nSPS) is 9.57. The van der Waals surface area contributed by atoms with Gasteiger partial charge in [0.25, 0.3) is 0 Å². The molecular weight excluding hydrogens is 180 g/mol. The predicted molar refractivity (Wildman–Crippen MR) is 55.2 cm³/mol. The van der Waals surface area contributed by atoms with Crippen LogP contribution >= 0.6 is 0 Å². The number of amidine groups is 1. The quantitative estimate of drug-likeness (QED) is 0.562. The first-order valence-corrected chi connectivity index (χ1v) is 4.33. The van der Waals surface area contributed by atoms with E-state index in [1.165, 1.54) is 0 Å². The standard InChI is InChI=1S/C10H14N2O2/c1-3-14-9-5-7(10(11)12)4-8(6-9)13-2/h4-6H,3H2,1-2H3,(H3,11,12). The topological polar surface area (TPSA) is 68.3 Å². The Labute approximate surface area is 83.1 Å². The first-order valence-electron chi connectivity index (χ1n) is 4.33. The summed E-state index contributed by atoms with van der Waals surface area (Å²) in [7, 11) is 1.56. The lowest BCUT2D eigenvalue weighted by Gasteiger charge is -2.08. The maximum Gasteiger partial charge on any atom is 0.123 e. The minimum Gasteiger partial charge on any atom is -0.497 e. The molecule has 0 aliphatic carbocycles. The molecule has 0 unspecified atom stereocenters. The molecule has 0 spiro atoms. The molecule has 0 amide bonds.